The number of hydrogen-bond donors (Lipinski definition) is 5. The summed E-state index contributed by atoms with van der Waals surface area (Å²) in [6.07, 6.45) is 0. The van der Waals surface area contributed by atoms with E-state index in [9.17, 15) is 8.42 Å². The topological polar surface area (TPSA) is 181 Å². The van der Waals surface area contributed by atoms with Crippen LogP contribution in [-0.4, -0.2) is 30.5 Å². The van der Waals surface area contributed by atoms with Crippen molar-refractivity contribution in [2.45, 2.75) is 4.90 Å². The summed E-state index contributed by atoms with van der Waals surface area (Å²) in [7, 11) is -8.90. The monoisotopic (exact) mass is 286 g/mol. The van der Waals surface area contributed by atoms with Gasteiger partial charge in [-0.1, -0.05) is 0 Å². The molecule has 1 rings (SSSR count). The number of hydrogen-bond acceptors (Lipinski definition) is 6. The molecule has 0 heterocycles. The minimum absolute atomic E-state index is 0.0579. The highest BCUT2D eigenvalue weighted by Gasteiger charge is 2.12. The van der Waals surface area contributed by atoms with E-state index in [4.69, 9.17) is 33.5 Å². The summed E-state index contributed by atoms with van der Waals surface area (Å²) in [6.45, 7) is 0. The highest BCUT2D eigenvalue weighted by molar-refractivity contribution is 7.86. The zero-order valence-electron chi connectivity index (χ0n) is 8.18. The van der Waals surface area contributed by atoms with Crippen LogP contribution in [0.25, 0.3) is 0 Å². The SMILES string of the molecule is Nc1ccc(S(=O)(=O)O)c(N)c1.O=S(=O)(O)O. The van der Waals surface area contributed by atoms with Gasteiger partial charge in [0.05, 0.1) is 5.69 Å². The van der Waals surface area contributed by atoms with E-state index in [-0.39, 0.29) is 10.6 Å². The van der Waals surface area contributed by atoms with E-state index in [0.717, 1.165) is 6.07 Å². The number of rotatable bonds is 1. The smallest absolute Gasteiger partial charge is 0.394 e. The van der Waals surface area contributed by atoms with Crippen molar-refractivity contribution in [3.8, 4) is 0 Å². The molecule has 0 saturated carbocycles. The van der Waals surface area contributed by atoms with Gasteiger partial charge in [-0.2, -0.15) is 16.8 Å². The van der Waals surface area contributed by atoms with Crippen molar-refractivity contribution >= 4 is 31.9 Å². The molecule has 0 aliphatic rings. The van der Waals surface area contributed by atoms with Crippen LogP contribution in [0.4, 0.5) is 11.4 Å². The number of benzene rings is 1. The van der Waals surface area contributed by atoms with Gasteiger partial charge in [-0.15, -0.1) is 0 Å². The molecule has 0 amide bonds. The molecule has 9 nitrogen and oxygen atoms in total. The maximum atomic E-state index is 10.6. The minimum atomic E-state index is -4.67. The Kier molecular flexibility index (Phi) is 4.85. The van der Waals surface area contributed by atoms with E-state index < -0.39 is 20.5 Å². The number of nitrogen functional groups attached to an aromatic ring is 2. The fourth-order valence-corrected chi connectivity index (χ4v) is 1.40. The maximum Gasteiger partial charge on any atom is 0.394 e. The first-order valence-corrected chi connectivity index (χ1v) is 6.57. The molecule has 0 unspecified atom stereocenters. The zero-order chi connectivity index (χ0) is 13.9. The molecule has 0 bridgehead atoms. The van der Waals surface area contributed by atoms with Crippen molar-refractivity contribution < 1.29 is 30.5 Å². The lowest BCUT2D eigenvalue weighted by molar-refractivity contribution is 0.381. The third-order valence-electron chi connectivity index (χ3n) is 1.31. The van der Waals surface area contributed by atoms with Gasteiger partial charge >= 0.3 is 10.4 Å². The second kappa shape index (κ2) is 5.29. The van der Waals surface area contributed by atoms with E-state index in [1.807, 2.05) is 0 Å². The fraction of sp³-hybridized carbons (Fsp3) is 0. The van der Waals surface area contributed by atoms with Crippen LogP contribution in [0.1, 0.15) is 0 Å². The molecule has 0 aromatic heterocycles. The predicted molar refractivity (Wildman–Crippen MR) is 59.3 cm³/mol. The highest BCUT2D eigenvalue weighted by Crippen LogP contribution is 2.19. The van der Waals surface area contributed by atoms with Gasteiger partial charge in [0.25, 0.3) is 10.1 Å². The summed E-state index contributed by atoms with van der Waals surface area (Å²) in [4.78, 5) is -0.322. The van der Waals surface area contributed by atoms with Gasteiger partial charge < -0.3 is 11.5 Å². The Morgan fingerprint density at radius 2 is 1.35 bits per heavy atom. The largest absolute Gasteiger partial charge is 0.399 e. The Bertz CT molecular complexity index is 585. The van der Waals surface area contributed by atoms with Crippen molar-refractivity contribution in [1.29, 1.82) is 0 Å². The van der Waals surface area contributed by atoms with Crippen LogP contribution >= 0.6 is 0 Å². The number of anilines is 2. The Labute approximate surface area is 97.4 Å². The molecule has 1 aromatic rings. The van der Waals surface area contributed by atoms with Crippen molar-refractivity contribution in [2.75, 3.05) is 11.5 Å². The Balaban J connectivity index is 0.000000437. The predicted octanol–water partition coefficient (Wildman–Crippen LogP) is -0.555. The van der Waals surface area contributed by atoms with E-state index >= 15 is 0 Å². The van der Waals surface area contributed by atoms with Gasteiger partial charge in [-0.25, -0.2) is 0 Å². The molecule has 0 aliphatic heterocycles. The Hall–Kier alpha value is -1.40. The first-order chi connectivity index (χ1) is 7.41. The summed E-state index contributed by atoms with van der Waals surface area (Å²) >= 11 is 0. The summed E-state index contributed by atoms with van der Waals surface area (Å²) in [5.41, 5.74) is 10.9. The third kappa shape index (κ3) is 7.48. The molecule has 7 N–H and O–H groups in total. The van der Waals surface area contributed by atoms with Crippen molar-refractivity contribution in [3.63, 3.8) is 0 Å². The van der Waals surface area contributed by atoms with E-state index in [0.29, 0.717) is 5.69 Å². The molecular formula is C6H10N2O7S2. The van der Waals surface area contributed by atoms with Crippen LogP contribution in [0.3, 0.4) is 0 Å². The standard InChI is InChI=1S/C6H8N2O3S.H2O4S/c7-4-1-2-6(5(8)3-4)12(9,10)11;1-5(2,3)4/h1-3H,7-8H2,(H,9,10,11);(H2,1,2,3,4). The second-order valence-electron chi connectivity index (χ2n) is 2.72. The quantitative estimate of drug-likeness (QED) is 0.334. The van der Waals surface area contributed by atoms with Crippen LogP contribution in [0.2, 0.25) is 0 Å². The van der Waals surface area contributed by atoms with Gasteiger partial charge in [0.1, 0.15) is 4.90 Å². The molecule has 0 fully saturated rings. The summed E-state index contributed by atoms with van der Waals surface area (Å²) in [5, 5.41) is 0. The van der Waals surface area contributed by atoms with Crippen LogP contribution in [0, 0.1) is 0 Å². The molecule has 98 valence electrons. The molecule has 0 radical (unpaired) electrons. The summed E-state index contributed by atoms with van der Waals surface area (Å²) < 4.78 is 61.4. The lowest BCUT2D eigenvalue weighted by Crippen LogP contribution is -2.03. The summed E-state index contributed by atoms with van der Waals surface area (Å²) in [5.74, 6) is 0. The van der Waals surface area contributed by atoms with Gasteiger partial charge in [-0.05, 0) is 18.2 Å². The van der Waals surface area contributed by atoms with Crippen molar-refractivity contribution in [1.82, 2.24) is 0 Å². The molecular weight excluding hydrogens is 276 g/mol. The number of nitrogens with two attached hydrogens (primary N) is 2. The van der Waals surface area contributed by atoms with E-state index in [1.54, 1.807) is 0 Å². The third-order valence-corrected chi connectivity index (χ3v) is 2.24. The second-order valence-corrected chi connectivity index (χ2v) is 5.01. The fourth-order valence-electron chi connectivity index (χ4n) is 0.802. The maximum absolute atomic E-state index is 10.6. The average Bonchev–Trinajstić information content (AvgIpc) is 1.96. The highest BCUT2D eigenvalue weighted by atomic mass is 32.3. The van der Waals surface area contributed by atoms with Crippen LogP contribution in [0.5, 0.6) is 0 Å². The zero-order valence-corrected chi connectivity index (χ0v) is 9.81. The summed E-state index contributed by atoms with van der Waals surface area (Å²) in [6, 6.07) is 3.77. The van der Waals surface area contributed by atoms with Gasteiger partial charge in [-0.3, -0.25) is 13.7 Å². The lowest BCUT2D eigenvalue weighted by atomic mass is 10.3. The Morgan fingerprint density at radius 3 is 1.65 bits per heavy atom. The average molecular weight is 286 g/mol. The van der Waals surface area contributed by atoms with E-state index in [1.165, 1.54) is 12.1 Å². The first-order valence-electron chi connectivity index (χ1n) is 3.73. The first kappa shape index (κ1) is 15.6. The van der Waals surface area contributed by atoms with Gasteiger partial charge in [0, 0.05) is 5.69 Å². The molecule has 0 saturated heterocycles. The van der Waals surface area contributed by atoms with Gasteiger partial charge in [0.15, 0.2) is 0 Å². The Morgan fingerprint density at radius 1 is 0.941 bits per heavy atom. The van der Waals surface area contributed by atoms with Crippen LogP contribution < -0.4 is 11.5 Å². The van der Waals surface area contributed by atoms with E-state index in [2.05, 4.69) is 0 Å². The normalized spacial score (nSPS) is 11.5. The van der Waals surface area contributed by atoms with Gasteiger partial charge in [0.2, 0.25) is 0 Å². The molecule has 0 spiro atoms. The molecule has 0 aliphatic carbocycles. The molecule has 1 aromatic carbocycles. The lowest BCUT2D eigenvalue weighted by Gasteiger charge is -2.01. The molecule has 0 atom stereocenters. The molecule has 11 heteroatoms. The van der Waals surface area contributed by atoms with Crippen LogP contribution in [-0.2, 0) is 20.5 Å². The molecule has 17 heavy (non-hydrogen) atoms. The van der Waals surface area contributed by atoms with Crippen LogP contribution in [0.15, 0.2) is 23.1 Å². The minimum Gasteiger partial charge on any atom is -0.399 e. The van der Waals surface area contributed by atoms with Crippen molar-refractivity contribution in [2.24, 2.45) is 0 Å². The van der Waals surface area contributed by atoms with Crippen molar-refractivity contribution in [3.05, 3.63) is 18.2 Å².